The van der Waals surface area contributed by atoms with Gasteiger partial charge in [-0.3, -0.25) is 19.6 Å². The Morgan fingerprint density at radius 1 is 1.06 bits per heavy atom. The van der Waals surface area contributed by atoms with Crippen LogP contribution in [0, 0.1) is 5.82 Å². The molecule has 0 unspecified atom stereocenters. The fraction of sp³-hybridized carbons (Fsp3) is 0.125. The quantitative estimate of drug-likeness (QED) is 0.470. The van der Waals surface area contributed by atoms with Crippen molar-refractivity contribution < 1.29 is 9.18 Å². The van der Waals surface area contributed by atoms with E-state index in [1.54, 1.807) is 55.0 Å². The minimum Gasteiger partial charge on any atom is -0.349 e. The van der Waals surface area contributed by atoms with Gasteiger partial charge in [0.15, 0.2) is 5.82 Å². The summed E-state index contributed by atoms with van der Waals surface area (Å²) < 4.78 is 13.5. The van der Waals surface area contributed by atoms with Crippen LogP contribution in [0.5, 0.6) is 0 Å². The van der Waals surface area contributed by atoms with Crippen LogP contribution in [0.3, 0.4) is 0 Å². The number of benzene rings is 1. The van der Waals surface area contributed by atoms with Crippen molar-refractivity contribution in [1.82, 2.24) is 25.3 Å². The molecule has 0 saturated carbocycles. The number of nitrogens with zero attached hydrogens (tertiary/aromatic N) is 3. The summed E-state index contributed by atoms with van der Waals surface area (Å²) in [5.41, 5.74) is 2.16. The lowest BCUT2D eigenvalue weighted by molar-refractivity contribution is -0.121. The molecular weight excluding hydrogens is 409 g/mol. The summed E-state index contributed by atoms with van der Waals surface area (Å²) >= 11 is 0. The van der Waals surface area contributed by atoms with Crippen LogP contribution in [0.4, 0.5) is 4.39 Å². The number of nitrogens with one attached hydrogen (secondary N) is 2. The Morgan fingerprint density at radius 3 is 2.62 bits per heavy atom. The van der Waals surface area contributed by atoms with Gasteiger partial charge in [-0.15, -0.1) is 0 Å². The highest BCUT2D eigenvalue weighted by atomic mass is 19.1. The molecular formula is C24H20FN5O2. The molecule has 2 N–H and O–H groups in total. The Balaban J connectivity index is 1.60. The molecule has 1 atom stereocenters. The van der Waals surface area contributed by atoms with E-state index in [1.807, 2.05) is 6.07 Å². The van der Waals surface area contributed by atoms with Gasteiger partial charge in [0.05, 0.1) is 18.2 Å². The Bertz CT molecular complexity index is 1240. The number of amides is 1. The van der Waals surface area contributed by atoms with Crippen LogP contribution in [-0.4, -0.2) is 25.8 Å². The summed E-state index contributed by atoms with van der Waals surface area (Å²) in [5, 5.41) is 2.97. The van der Waals surface area contributed by atoms with Gasteiger partial charge in [0.25, 0.3) is 5.56 Å². The molecule has 160 valence electrons. The normalized spacial score (nSPS) is 11.7. The van der Waals surface area contributed by atoms with Crippen molar-refractivity contribution in [1.29, 1.82) is 0 Å². The third-order valence-electron chi connectivity index (χ3n) is 4.81. The number of rotatable bonds is 7. The van der Waals surface area contributed by atoms with E-state index < -0.39 is 6.04 Å². The molecule has 4 rings (SSSR count). The lowest BCUT2D eigenvalue weighted by atomic mass is 10.0. The Labute approximate surface area is 183 Å². The van der Waals surface area contributed by atoms with Gasteiger partial charge in [-0.25, -0.2) is 9.37 Å². The van der Waals surface area contributed by atoms with Crippen molar-refractivity contribution in [2.75, 3.05) is 0 Å². The lowest BCUT2D eigenvalue weighted by Crippen LogP contribution is -2.31. The number of aromatic nitrogens is 4. The summed E-state index contributed by atoms with van der Waals surface area (Å²) in [7, 11) is 0. The van der Waals surface area contributed by atoms with E-state index in [0.717, 1.165) is 5.56 Å². The second-order valence-electron chi connectivity index (χ2n) is 7.21. The van der Waals surface area contributed by atoms with Gasteiger partial charge < -0.3 is 10.3 Å². The number of aromatic amines is 1. The van der Waals surface area contributed by atoms with Crippen LogP contribution in [0.15, 0.2) is 84.0 Å². The largest absolute Gasteiger partial charge is 0.349 e. The topological polar surface area (TPSA) is 101 Å². The van der Waals surface area contributed by atoms with Crippen LogP contribution in [0.2, 0.25) is 0 Å². The highest BCUT2D eigenvalue weighted by Crippen LogP contribution is 2.19. The Kier molecular flexibility index (Phi) is 6.41. The average molecular weight is 429 g/mol. The van der Waals surface area contributed by atoms with Crippen molar-refractivity contribution in [2.45, 2.75) is 18.9 Å². The molecule has 8 heteroatoms. The second-order valence-corrected chi connectivity index (χ2v) is 7.21. The molecule has 0 aliphatic heterocycles. The third-order valence-corrected chi connectivity index (χ3v) is 4.81. The van der Waals surface area contributed by atoms with Crippen LogP contribution >= 0.6 is 0 Å². The maximum absolute atomic E-state index is 13.5. The number of carbonyl (C=O) groups excluding carboxylic acids is 1. The van der Waals surface area contributed by atoms with Crippen LogP contribution in [0.25, 0.3) is 11.5 Å². The monoisotopic (exact) mass is 429 g/mol. The van der Waals surface area contributed by atoms with E-state index in [2.05, 4.69) is 25.3 Å². The van der Waals surface area contributed by atoms with E-state index in [0.29, 0.717) is 22.8 Å². The molecule has 3 aromatic heterocycles. The van der Waals surface area contributed by atoms with Gasteiger partial charge in [-0.2, -0.15) is 0 Å². The summed E-state index contributed by atoms with van der Waals surface area (Å²) in [6.45, 7) is 0. The molecule has 1 amide bonds. The Morgan fingerprint density at radius 2 is 1.91 bits per heavy atom. The average Bonchev–Trinajstić information content (AvgIpc) is 2.80. The van der Waals surface area contributed by atoms with E-state index in [1.165, 1.54) is 18.2 Å². The maximum atomic E-state index is 13.5. The predicted octanol–water partition coefficient (Wildman–Crippen LogP) is 3.01. The van der Waals surface area contributed by atoms with Gasteiger partial charge in [0, 0.05) is 31.1 Å². The van der Waals surface area contributed by atoms with Gasteiger partial charge in [-0.05, 0) is 41.5 Å². The van der Waals surface area contributed by atoms with E-state index in [9.17, 15) is 14.0 Å². The van der Waals surface area contributed by atoms with Gasteiger partial charge in [0.2, 0.25) is 5.91 Å². The first kappa shape index (κ1) is 21.0. The van der Waals surface area contributed by atoms with Crippen LogP contribution < -0.4 is 10.9 Å². The van der Waals surface area contributed by atoms with Crippen LogP contribution in [0.1, 0.15) is 22.9 Å². The van der Waals surface area contributed by atoms with Crippen molar-refractivity contribution in [3.63, 3.8) is 0 Å². The molecule has 1 aromatic carbocycles. The molecule has 0 saturated heterocycles. The zero-order valence-electron chi connectivity index (χ0n) is 17.0. The van der Waals surface area contributed by atoms with E-state index in [4.69, 9.17) is 0 Å². The fourth-order valence-corrected chi connectivity index (χ4v) is 3.33. The molecule has 0 aliphatic rings. The van der Waals surface area contributed by atoms with Gasteiger partial charge >= 0.3 is 0 Å². The molecule has 0 spiro atoms. The second kappa shape index (κ2) is 9.74. The maximum Gasteiger partial charge on any atom is 0.251 e. The van der Waals surface area contributed by atoms with Crippen molar-refractivity contribution in [3.05, 3.63) is 112 Å². The molecule has 0 radical (unpaired) electrons. The van der Waals surface area contributed by atoms with E-state index in [-0.39, 0.29) is 30.1 Å². The molecule has 0 aliphatic carbocycles. The SMILES string of the molecule is O=C(Cc1cccnc1)N[C@H](Cc1cc(=O)[nH]c(-c2ccccn2)n1)c1ccc(F)cc1. The zero-order valence-corrected chi connectivity index (χ0v) is 17.0. The molecule has 32 heavy (non-hydrogen) atoms. The van der Waals surface area contributed by atoms with E-state index >= 15 is 0 Å². The minimum atomic E-state index is -0.509. The third kappa shape index (κ3) is 5.48. The van der Waals surface area contributed by atoms with Crippen molar-refractivity contribution in [3.8, 4) is 11.5 Å². The number of pyridine rings is 2. The number of hydrogen-bond donors (Lipinski definition) is 2. The Hall–Kier alpha value is -4.20. The summed E-state index contributed by atoms with van der Waals surface area (Å²) in [4.78, 5) is 40.4. The molecule has 3 heterocycles. The smallest absolute Gasteiger partial charge is 0.251 e. The van der Waals surface area contributed by atoms with Crippen LogP contribution in [-0.2, 0) is 17.6 Å². The molecule has 7 nitrogen and oxygen atoms in total. The minimum absolute atomic E-state index is 0.146. The highest BCUT2D eigenvalue weighted by Gasteiger charge is 2.18. The highest BCUT2D eigenvalue weighted by molar-refractivity contribution is 5.79. The summed E-state index contributed by atoms with van der Waals surface area (Å²) in [5.74, 6) is -0.254. The predicted molar refractivity (Wildman–Crippen MR) is 117 cm³/mol. The first-order valence-corrected chi connectivity index (χ1v) is 10.0. The number of halogens is 1. The fourth-order valence-electron chi connectivity index (χ4n) is 3.33. The molecule has 4 aromatic rings. The standard InChI is InChI=1S/C24H20FN5O2/c25-18-8-6-17(7-9-18)21(29-22(31)12-16-4-3-10-26-15-16)13-19-14-23(32)30-24(28-19)20-5-1-2-11-27-20/h1-11,14-15,21H,12-13H2,(H,29,31)(H,28,30,32)/t21-/m1/s1. The van der Waals surface area contributed by atoms with Crippen molar-refractivity contribution in [2.24, 2.45) is 0 Å². The zero-order chi connectivity index (χ0) is 22.3. The number of carbonyl (C=O) groups is 1. The first-order valence-electron chi connectivity index (χ1n) is 10.0. The number of H-pyrrole nitrogens is 1. The van der Waals surface area contributed by atoms with Crippen molar-refractivity contribution >= 4 is 5.91 Å². The summed E-state index contributed by atoms with van der Waals surface area (Å²) in [6, 6.07) is 15.7. The lowest BCUT2D eigenvalue weighted by Gasteiger charge is -2.19. The summed E-state index contributed by atoms with van der Waals surface area (Å²) in [6.07, 6.45) is 5.27. The van der Waals surface area contributed by atoms with Gasteiger partial charge in [0.1, 0.15) is 11.5 Å². The first-order chi connectivity index (χ1) is 15.6. The molecule has 0 bridgehead atoms. The number of hydrogen-bond acceptors (Lipinski definition) is 5. The molecule has 0 fully saturated rings. The van der Waals surface area contributed by atoms with Gasteiger partial charge in [-0.1, -0.05) is 24.3 Å².